The lowest BCUT2D eigenvalue weighted by molar-refractivity contribution is 0.0342. The van der Waals surface area contributed by atoms with Crippen LogP contribution in [-0.2, 0) is 4.74 Å². The molecule has 1 saturated heterocycles. The second-order valence-corrected chi connectivity index (χ2v) is 9.10. The van der Waals surface area contributed by atoms with Gasteiger partial charge in [0, 0.05) is 24.1 Å². The zero-order chi connectivity index (χ0) is 23.0. The first-order chi connectivity index (χ1) is 15.2. The molecule has 0 spiro atoms. The van der Waals surface area contributed by atoms with Crippen molar-refractivity contribution in [1.82, 2.24) is 9.78 Å². The van der Waals surface area contributed by atoms with Crippen LogP contribution in [0, 0.1) is 22.7 Å². The van der Waals surface area contributed by atoms with Gasteiger partial charge in [-0.1, -0.05) is 26.8 Å². The van der Waals surface area contributed by atoms with Crippen LogP contribution >= 0.6 is 0 Å². The molecular formula is C22H26BN5O4. The average Bonchev–Trinajstić information content (AvgIpc) is 3.16. The maximum Gasteiger partial charge on any atom is 0.556 e. The van der Waals surface area contributed by atoms with Crippen molar-refractivity contribution < 1.29 is 19.2 Å². The monoisotopic (exact) mass is 435 g/mol. The van der Waals surface area contributed by atoms with Crippen molar-refractivity contribution in [2.75, 3.05) is 18.5 Å². The molecule has 2 aliphatic rings. The number of amides is 1. The minimum Gasteiger partial charge on any atom is -0.532 e. The molecule has 0 unspecified atom stereocenters. The molecular weight excluding hydrogens is 409 g/mol. The number of hydrogen-bond donors (Lipinski definition) is 3. The normalized spacial score (nSPS) is 20.6. The van der Waals surface area contributed by atoms with E-state index in [0.717, 1.165) is 11.0 Å². The van der Waals surface area contributed by atoms with Crippen molar-refractivity contribution in [1.29, 1.82) is 5.26 Å². The van der Waals surface area contributed by atoms with E-state index in [9.17, 15) is 15.1 Å². The van der Waals surface area contributed by atoms with E-state index in [1.165, 1.54) is 0 Å². The number of hydrogen-bond acceptors (Lipinski definition) is 7. The molecule has 2 atom stereocenters. The van der Waals surface area contributed by atoms with Crippen molar-refractivity contribution in [3.8, 4) is 11.8 Å². The zero-order valence-electron chi connectivity index (χ0n) is 18.3. The van der Waals surface area contributed by atoms with E-state index in [1.54, 1.807) is 23.0 Å². The van der Waals surface area contributed by atoms with Crippen LogP contribution in [0.5, 0.6) is 5.75 Å². The molecule has 1 amide bonds. The molecule has 32 heavy (non-hydrogen) atoms. The first-order valence-corrected chi connectivity index (χ1v) is 10.5. The molecule has 0 bridgehead atoms. The summed E-state index contributed by atoms with van der Waals surface area (Å²) >= 11 is 0. The summed E-state index contributed by atoms with van der Waals surface area (Å²) in [6, 6.07) is 7.38. The minimum atomic E-state index is -0.996. The maximum absolute atomic E-state index is 12.1. The smallest absolute Gasteiger partial charge is 0.532 e. The van der Waals surface area contributed by atoms with Gasteiger partial charge in [0.1, 0.15) is 11.3 Å². The van der Waals surface area contributed by atoms with Crippen LogP contribution in [0.15, 0.2) is 29.9 Å². The van der Waals surface area contributed by atoms with Gasteiger partial charge in [-0.15, -0.1) is 0 Å². The third kappa shape index (κ3) is 4.22. The Labute approximate surface area is 186 Å². The summed E-state index contributed by atoms with van der Waals surface area (Å²) in [5.41, 5.74) is 7.79. The highest BCUT2D eigenvalue weighted by molar-refractivity contribution is 6.55. The lowest BCUT2D eigenvalue weighted by atomic mass is 9.63. The number of fused-ring (bicyclic) bond motifs is 1. The number of nitrogens with zero attached hydrogens (tertiary/aromatic N) is 3. The molecule has 2 aromatic rings. The Morgan fingerprint density at radius 2 is 2.22 bits per heavy atom. The van der Waals surface area contributed by atoms with Gasteiger partial charge in [-0.3, -0.25) is 9.48 Å². The SMILES string of the molecule is CC(C)(C)C1=Cc2cc(Nc3nn([C@H]4COCC[C@@H]4C#N)cc3C(N)=O)ccc2OB1O. The van der Waals surface area contributed by atoms with Crippen LogP contribution in [0.3, 0.4) is 0 Å². The lowest BCUT2D eigenvalue weighted by Gasteiger charge is -2.29. The van der Waals surface area contributed by atoms with Crippen LogP contribution < -0.4 is 15.7 Å². The van der Waals surface area contributed by atoms with Crippen LogP contribution in [0.25, 0.3) is 6.08 Å². The standard InChI is InChI=1S/C22H26BN5O4/c1-22(2,3)19-9-14-8-15(4-5-18(14)32-23(19)30)26-21-16(20(25)29)11-28(27-21)17-12-31-7-6-13(17)10-24/h4-5,8-9,11,13,17,30H,6-7,12H2,1-3H3,(H2,25,29)(H,26,27)/t13-,17+/m1/s1. The quantitative estimate of drug-likeness (QED) is 0.629. The third-order valence-corrected chi connectivity index (χ3v) is 5.78. The molecule has 4 rings (SSSR count). The highest BCUT2D eigenvalue weighted by atomic mass is 16.5. The van der Waals surface area contributed by atoms with Gasteiger partial charge in [-0.2, -0.15) is 10.4 Å². The zero-order valence-corrected chi connectivity index (χ0v) is 18.3. The average molecular weight is 435 g/mol. The van der Waals surface area contributed by atoms with E-state index in [2.05, 4.69) is 16.5 Å². The van der Waals surface area contributed by atoms with Crippen LogP contribution in [0.2, 0.25) is 0 Å². The lowest BCUT2D eigenvalue weighted by Crippen LogP contribution is -2.34. The number of nitrogens with two attached hydrogens (primary N) is 1. The highest BCUT2D eigenvalue weighted by Gasteiger charge is 2.35. The number of anilines is 2. The van der Waals surface area contributed by atoms with Crippen LogP contribution in [0.1, 0.15) is 49.2 Å². The number of benzene rings is 1. The van der Waals surface area contributed by atoms with Crippen LogP contribution in [-0.4, -0.2) is 41.0 Å². The maximum atomic E-state index is 12.1. The van der Waals surface area contributed by atoms with E-state index < -0.39 is 13.0 Å². The third-order valence-electron chi connectivity index (χ3n) is 5.78. The van der Waals surface area contributed by atoms with Crippen LogP contribution in [0.4, 0.5) is 11.5 Å². The Balaban J connectivity index is 1.66. The van der Waals surface area contributed by atoms with E-state index in [1.807, 2.05) is 32.9 Å². The minimum absolute atomic E-state index is 0.225. The molecule has 4 N–H and O–H groups in total. The largest absolute Gasteiger partial charge is 0.556 e. The summed E-state index contributed by atoms with van der Waals surface area (Å²) in [6.07, 6.45) is 4.08. The molecule has 0 radical (unpaired) electrons. The van der Waals surface area contributed by atoms with Gasteiger partial charge >= 0.3 is 7.12 Å². The van der Waals surface area contributed by atoms with Gasteiger partial charge in [-0.25, -0.2) is 0 Å². The van der Waals surface area contributed by atoms with E-state index in [-0.39, 0.29) is 22.9 Å². The van der Waals surface area contributed by atoms with Gasteiger partial charge in [0.2, 0.25) is 0 Å². The Bertz CT molecular complexity index is 1110. The second-order valence-electron chi connectivity index (χ2n) is 9.10. The molecule has 0 aliphatic carbocycles. The molecule has 1 fully saturated rings. The predicted molar refractivity (Wildman–Crippen MR) is 120 cm³/mol. The number of primary amides is 1. The van der Waals surface area contributed by atoms with Gasteiger partial charge in [-0.05, 0) is 35.5 Å². The highest BCUT2D eigenvalue weighted by Crippen LogP contribution is 2.37. The second kappa shape index (κ2) is 8.33. The molecule has 3 heterocycles. The van der Waals surface area contributed by atoms with Gasteiger partial charge in [0.15, 0.2) is 5.82 Å². The van der Waals surface area contributed by atoms with E-state index >= 15 is 0 Å². The molecule has 166 valence electrons. The summed E-state index contributed by atoms with van der Waals surface area (Å²) < 4.78 is 12.8. The number of allylic oxidation sites excluding steroid dienone is 1. The summed E-state index contributed by atoms with van der Waals surface area (Å²) in [6.45, 7) is 6.89. The fraction of sp³-hybridized carbons (Fsp3) is 0.409. The Morgan fingerprint density at radius 1 is 1.44 bits per heavy atom. The van der Waals surface area contributed by atoms with Crippen molar-refractivity contribution in [2.24, 2.45) is 17.1 Å². The first-order valence-electron chi connectivity index (χ1n) is 10.5. The predicted octanol–water partition coefficient (Wildman–Crippen LogP) is 2.67. The molecule has 1 aromatic carbocycles. The van der Waals surface area contributed by atoms with Crippen molar-refractivity contribution in [3.05, 3.63) is 41.0 Å². The first kappa shape index (κ1) is 21.9. The summed E-state index contributed by atoms with van der Waals surface area (Å²) in [4.78, 5) is 12.1. The van der Waals surface area contributed by atoms with E-state index in [0.29, 0.717) is 36.9 Å². The van der Waals surface area contributed by atoms with E-state index in [4.69, 9.17) is 15.1 Å². The Kier molecular flexibility index (Phi) is 5.71. The van der Waals surface area contributed by atoms with Gasteiger partial charge in [0.25, 0.3) is 5.91 Å². The molecule has 9 nitrogen and oxygen atoms in total. The number of nitriles is 1. The number of carbonyl (C=O) groups excluding carboxylic acids is 1. The number of ether oxygens (including phenoxy) is 1. The van der Waals surface area contributed by atoms with Gasteiger partial charge in [0.05, 0.1) is 24.6 Å². The molecule has 2 aliphatic heterocycles. The Hall–Kier alpha value is -3.29. The summed E-state index contributed by atoms with van der Waals surface area (Å²) in [7, 11) is -0.996. The fourth-order valence-electron chi connectivity index (χ4n) is 3.96. The number of aromatic nitrogens is 2. The fourth-order valence-corrected chi connectivity index (χ4v) is 3.96. The van der Waals surface area contributed by atoms with Crippen molar-refractivity contribution in [3.63, 3.8) is 0 Å². The Morgan fingerprint density at radius 3 is 2.91 bits per heavy atom. The number of rotatable bonds is 4. The molecule has 0 saturated carbocycles. The van der Waals surface area contributed by atoms with Gasteiger partial charge < -0.3 is 25.5 Å². The van der Waals surface area contributed by atoms with Crippen molar-refractivity contribution >= 4 is 30.6 Å². The summed E-state index contributed by atoms with van der Waals surface area (Å²) in [5.74, 6) is -0.0155. The summed E-state index contributed by atoms with van der Waals surface area (Å²) in [5, 5.41) is 27.5. The van der Waals surface area contributed by atoms with Crippen molar-refractivity contribution in [2.45, 2.75) is 33.2 Å². The molecule has 10 heteroatoms. The topological polar surface area (TPSA) is 135 Å². The number of carbonyl (C=O) groups is 1. The number of nitrogens with one attached hydrogen (secondary N) is 1. The molecule has 1 aromatic heterocycles.